The summed E-state index contributed by atoms with van der Waals surface area (Å²) >= 11 is 3.43. The first-order valence-electron chi connectivity index (χ1n) is 9.88. The van der Waals surface area contributed by atoms with E-state index in [0.29, 0.717) is 5.69 Å². The molecule has 4 aliphatic rings. The summed E-state index contributed by atoms with van der Waals surface area (Å²) in [6.45, 7) is 0. The summed E-state index contributed by atoms with van der Waals surface area (Å²) in [5, 5.41) is 0. The van der Waals surface area contributed by atoms with Crippen LogP contribution < -0.4 is 4.90 Å². The van der Waals surface area contributed by atoms with Crippen molar-refractivity contribution >= 4 is 39.7 Å². The first-order valence-corrected chi connectivity index (χ1v) is 10.7. The lowest BCUT2D eigenvalue weighted by Gasteiger charge is -2.51. The summed E-state index contributed by atoms with van der Waals surface area (Å²) in [6, 6.07) is 22.7. The van der Waals surface area contributed by atoms with Crippen LogP contribution in [0.3, 0.4) is 0 Å². The van der Waals surface area contributed by atoms with Crippen LogP contribution in [0.25, 0.3) is 0 Å². The Morgan fingerprint density at radius 2 is 1.47 bits per heavy atom. The zero-order chi connectivity index (χ0) is 20.6. The molecule has 1 heterocycles. The number of rotatable bonds is 2. The Hall–Kier alpha value is -3.05. The summed E-state index contributed by atoms with van der Waals surface area (Å²) in [5.74, 6) is -2.10. The van der Waals surface area contributed by atoms with Crippen LogP contribution in [0.4, 0.5) is 5.69 Å². The number of amides is 2. The van der Waals surface area contributed by atoms with Crippen LogP contribution in [-0.4, -0.2) is 18.1 Å². The number of nitrogens with zero attached hydrogens (tertiary/aromatic N) is 1. The molecule has 1 saturated heterocycles. The maximum absolute atomic E-state index is 13.8. The number of imide groups is 1. The van der Waals surface area contributed by atoms with Crippen molar-refractivity contribution in [1.82, 2.24) is 0 Å². The highest BCUT2D eigenvalue weighted by Crippen LogP contribution is 2.63. The molecule has 0 N–H and O–H groups in total. The molecule has 2 amide bonds. The van der Waals surface area contributed by atoms with Gasteiger partial charge in [-0.25, -0.2) is 4.90 Å². The van der Waals surface area contributed by atoms with Crippen LogP contribution in [0.2, 0.25) is 0 Å². The fraction of sp³-hybridized carbons (Fsp3) is 0.160. The largest absolute Gasteiger partial charge is 0.302 e. The molecular weight excluding hydrogens is 442 g/mol. The number of anilines is 1. The normalized spacial score (nSPS) is 28.2. The van der Waals surface area contributed by atoms with Gasteiger partial charge in [0.05, 0.1) is 22.9 Å². The van der Waals surface area contributed by atoms with Crippen molar-refractivity contribution in [1.29, 1.82) is 0 Å². The molecule has 0 radical (unpaired) electrons. The molecule has 5 heteroatoms. The Bertz CT molecular complexity index is 1220. The molecule has 0 spiro atoms. The summed E-state index contributed by atoms with van der Waals surface area (Å²) < 4.78 is 0.787. The van der Waals surface area contributed by atoms with Crippen LogP contribution in [0.15, 0.2) is 77.3 Å². The van der Waals surface area contributed by atoms with E-state index in [-0.39, 0.29) is 17.7 Å². The SMILES string of the molecule is O=CC12c3ccccc3C(c3ccccc31)C1C(=O)N(c3cccc(Br)c3)C(=O)C12. The minimum absolute atomic E-state index is 0.233. The first-order chi connectivity index (χ1) is 14.6. The predicted molar refractivity (Wildman–Crippen MR) is 115 cm³/mol. The molecule has 2 unspecified atom stereocenters. The van der Waals surface area contributed by atoms with Gasteiger partial charge in [0.2, 0.25) is 11.8 Å². The Kier molecular flexibility index (Phi) is 3.55. The second kappa shape index (κ2) is 5.99. The molecule has 0 saturated carbocycles. The van der Waals surface area contributed by atoms with E-state index in [1.54, 1.807) is 18.2 Å². The predicted octanol–water partition coefficient (Wildman–Crippen LogP) is 4.20. The topological polar surface area (TPSA) is 54.5 Å². The lowest BCUT2D eigenvalue weighted by Crippen LogP contribution is -2.54. The maximum atomic E-state index is 13.8. The van der Waals surface area contributed by atoms with E-state index in [1.165, 1.54) is 4.90 Å². The molecule has 146 valence electrons. The number of hydrogen-bond acceptors (Lipinski definition) is 3. The molecule has 0 aromatic heterocycles. The Morgan fingerprint density at radius 1 is 0.833 bits per heavy atom. The van der Waals surface area contributed by atoms with Gasteiger partial charge in [-0.3, -0.25) is 9.59 Å². The molecule has 4 nitrogen and oxygen atoms in total. The van der Waals surface area contributed by atoms with Crippen LogP contribution >= 0.6 is 15.9 Å². The second-order valence-electron chi connectivity index (χ2n) is 8.13. The molecule has 3 aromatic carbocycles. The van der Waals surface area contributed by atoms with Gasteiger partial charge < -0.3 is 4.79 Å². The maximum Gasteiger partial charge on any atom is 0.239 e. The second-order valence-corrected chi connectivity index (χ2v) is 9.05. The van der Waals surface area contributed by atoms with E-state index in [0.717, 1.165) is 33.0 Å². The monoisotopic (exact) mass is 457 g/mol. The van der Waals surface area contributed by atoms with Gasteiger partial charge in [-0.2, -0.15) is 0 Å². The lowest BCUT2D eigenvalue weighted by atomic mass is 9.48. The highest BCUT2D eigenvalue weighted by atomic mass is 79.9. The van der Waals surface area contributed by atoms with Crippen molar-refractivity contribution in [3.63, 3.8) is 0 Å². The Balaban J connectivity index is 1.66. The summed E-state index contributed by atoms with van der Waals surface area (Å²) in [7, 11) is 0. The fourth-order valence-corrected chi connectivity index (χ4v) is 6.29. The average Bonchev–Trinajstić information content (AvgIpc) is 3.05. The Morgan fingerprint density at radius 3 is 2.07 bits per heavy atom. The van der Waals surface area contributed by atoms with Crippen molar-refractivity contribution < 1.29 is 14.4 Å². The molecule has 30 heavy (non-hydrogen) atoms. The van der Waals surface area contributed by atoms with E-state index >= 15 is 0 Å². The molecule has 2 bridgehead atoms. The number of carbonyl (C=O) groups is 3. The molecule has 2 atom stereocenters. The zero-order valence-corrected chi connectivity index (χ0v) is 17.4. The molecule has 3 aromatic rings. The number of aldehydes is 1. The van der Waals surface area contributed by atoms with E-state index < -0.39 is 17.3 Å². The van der Waals surface area contributed by atoms with Crippen molar-refractivity contribution in [2.24, 2.45) is 11.8 Å². The van der Waals surface area contributed by atoms with Crippen molar-refractivity contribution in [3.8, 4) is 0 Å². The van der Waals surface area contributed by atoms with Crippen LogP contribution in [-0.2, 0) is 19.8 Å². The van der Waals surface area contributed by atoms with Gasteiger partial charge in [0.15, 0.2) is 0 Å². The fourth-order valence-electron chi connectivity index (χ4n) is 5.90. The minimum Gasteiger partial charge on any atom is -0.302 e. The number of benzene rings is 3. The van der Waals surface area contributed by atoms with Crippen molar-refractivity contribution in [2.75, 3.05) is 4.90 Å². The number of halogens is 1. The molecule has 3 aliphatic carbocycles. The third-order valence-electron chi connectivity index (χ3n) is 6.94. The number of carbonyl (C=O) groups excluding carboxylic acids is 3. The van der Waals surface area contributed by atoms with E-state index in [9.17, 15) is 14.4 Å². The van der Waals surface area contributed by atoms with Gasteiger partial charge in [-0.05, 0) is 40.5 Å². The molecule has 1 fully saturated rings. The average molecular weight is 458 g/mol. The zero-order valence-electron chi connectivity index (χ0n) is 15.8. The number of hydrogen-bond donors (Lipinski definition) is 0. The molecular formula is C25H16BrNO3. The Labute approximate surface area is 181 Å². The van der Waals surface area contributed by atoms with E-state index in [4.69, 9.17) is 0 Å². The van der Waals surface area contributed by atoms with Gasteiger partial charge in [0.1, 0.15) is 6.29 Å². The summed E-state index contributed by atoms with van der Waals surface area (Å²) in [4.78, 5) is 41.6. The highest BCUT2D eigenvalue weighted by molar-refractivity contribution is 9.10. The van der Waals surface area contributed by atoms with Gasteiger partial charge in [0, 0.05) is 10.4 Å². The van der Waals surface area contributed by atoms with E-state index in [1.807, 2.05) is 54.6 Å². The van der Waals surface area contributed by atoms with Crippen LogP contribution in [0.1, 0.15) is 28.2 Å². The standard InChI is InChI=1S/C25H16BrNO3/c26-14-6-5-7-15(12-14)27-23(29)21-20-16-8-1-3-10-18(16)25(13-28,22(21)24(27)30)19-11-4-2-9-17(19)20/h1-13,20-22H. The van der Waals surface area contributed by atoms with Crippen molar-refractivity contribution in [2.45, 2.75) is 11.3 Å². The summed E-state index contributed by atoms with van der Waals surface area (Å²) in [5.41, 5.74) is 3.02. The van der Waals surface area contributed by atoms with Gasteiger partial charge in [-0.15, -0.1) is 0 Å². The first kappa shape index (κ1) is 17.8. The van der Waals surface area contributed by atoms with Gasteiger partial charge in [-0.1, -0.05) is 70.5 Å². The van der Waals surface area contributed by atoms with Crippen LogP contribution in [0, 0.1) is 11.8 Å². The van der Waals surface area contributed by atoms with Gasteiger partial charge in [0.25, 0.3) is 0 Å². The lowest BCUT2D eigenvalue weighted by molar-refractivity contribution is -0.128. The van der Waals surface area contributed by atoms with Crippen LogP contribution in [0.5, 0.6) is 0 Å². The van der Waals surface area contributed by atoms with Crippen molar-refractivity contribution in [3.05, 3.63) is 99.5 Å². The molecule has 7 rings (SSSR count). The quantitative estimate of drug-likeness (QED) is 0.428. The van der Waals surface area contributed by atoms with E-state index in [2.05, 4.69) is 15.9 Å². The van der Waals surface area contributed by atoms with Gasteiger partial charge >= 0.3 is 0 Å². The third-order valence-corrected chi connectivity index (χ3v) is 7.43. The third kappa shape index (κ3) is 1.94. The summed E-state index contributed by atoms with van der Waals surface area (Å²) in [6.07, 6.45) is 0.896. The molecule has 1 aliphatic heterocycles. The minimum atomic E-state index is -1.15. The smallest absolute Gasteiger partial charge is 0.239 e. The highest BCUT2D eigenvalue weighted by Gasteiger charge is 2.68.